The zero-order chi connectivity index (χ0) is 15.6. The lowest BCUT2D eigenvalue weighted by atomic mass is 9.93. The van der Waals surface area contributed by atoms with Crippen LogP contribution in [0.15, 0.2) is 66.9 Å². The Balaban J connectivity index is 1.97. The molecule has 4 rings (SSSR count). The second kappa shape index (κ2) is 5.73. The van der Waals surface area contributed by atoms with E-state index < -0.39 is 0 Å². The molecular weight excluding hydrogens is 280 g/mol. The smallest absolute Gasteiger partial charge is 0.0656 e. The van der Waals surface area contributed by atoms with Crippen LogP contribution in [0.1, 0.15) is 27.9 Å². The second-order valence-corrected chi connectivity index (χ2v) is 5.89. The Labute approximate surface area is 136 Å². The molecule has 0 fully saturated rings. The molecule has 0 unspecified atom stereocenters. The monoisotopic (exact) mass is 298 g/mol. The highest BCUT2D eigenvalue weighted by atomic mass is 14.7. The van der Waals surface area contributed by atoms with Gasteiger partial charge >= 0.3 is 0 Å². The van der Waals surface area contributed by atoms with Gasteiger partial charge in [-0.1, -0.05) is 48.5 Å². The number of aromatic nitrogens is 1. The van der Waals surface area contributed by atoms with Crippen LogP contribution in [0.3, 0.4) is 0 Å². The first-order valence-corrected chi connectivity index (χ1v) is 7.91. The molecule has 2 aromatic carbocycles. The van der Waals surface area contributed by atoms with Crippen LogP contribution in [-0.2, 0) is 12.8 Å². The first-order valence-electron chi connectivity index (χ1n) is 7.91. The van der Waals surface area contributed by atoms with E-state index in [9.17, 15) is 0 Å². The fourth-order valence-electron chi connectivity index (χ4n) is 3.26. The van der Waals surface area contributed by atoms with Crippen molar-refractivity contribution in [3.63, 3.8) is 0 Å². The van der Waals surface area contributed by atoms with Crippen LogP contribution in [0.4, 0.5) is 5.69 Å². The van der Waals surface area contributed by atoms with Gasteiger partial charge in [0.05, 0.1) is 5.69 Å². The molecule has 0 saturated carbocycles. The van der Waals surface area contributed by atoms with Gasteiger partial charge in [0.1, 0.15) is 0 Å². The Kier molecular flexibility index (Phi) is 3.43. The summed E-state index contributed by atoms with van der Waals surface area (Å²) >= 11 is 0. The average Bonchev–Trinajstić information content (AvgIpc) is 2.73. The summed E-state index contributed by atoms with van der Waals surface area (Å²) in [6.07, 6.45) is 6.04. The van der Waals surface area contributed by atoms with E-state index in [1.165, 1.54) is 27.8 Å². The van der Waals surface area contributed by atoms with Gasteiger partial charge in [-0.05, 0) is 58.9 Å². The van der Waals surface area contributed by atoms with E-state index >= 15 is 0 Å². The minimum absolute atomic E-state index is 0.738. The normalized spacial score (nSPS) is 13.0. The molecular formula is C21H18N2. The van der Waals surface area contributed by atoms with E-state index in [0.29, 0.717) is 0 Å². The van der Waals surface area contributed by atoms with E-state index in [1.807, 2.05) is 12.1 Å². The number of rotatable bonds is 1. The van der Waals surface area contributed by atoms with Crippen molar-refractivity contribution in [2.24, 2.45) is 0 Å². The minimum atomic E-state index is 0.738. The van der Waals surface area contributed by atoms with Crippen LogP contribution < -0.4 is 5.73 Å². The van der Waals surface area contributed by atoms with Crippen LogP contribution in [-0.4, -0.2) is 4.98 Å². The van der Waals surface area contributed by atoms with Gasteiger partial charge in [0.25, 0.3) is 0 Å². The van der Waals surface area contributed by atoms with Gasteiger partial charge in [-0.3, -0.25) is 4.98 Å². The third-order valence-corrected chi connectivity index (χ3v) is 4.38. The Hall–Kier alpha value is -2.87. The largest absolute Gasteiger partial charge is 0.399 e. The number of anilines is 1. The van der Waals surface area contributed by atoms with Gasteiger partial charge in [-0.25, -0.2) is 0 Å². The summed E-state index contributed by atoms with van der Waals surface area (Å²) in [5.74, 6) is 0. The molecule has 0 atom stereocenters. The van der Waals surface area contributed by atoms with E-state index in [-0.39, 0.29) is 0 Å². The summed E-state index contributed by atoms with van der Waals surface area (Å²) in [4.78, 5) is 4.45. The van der Waals surface area contributed by atoms with Crippen LogP contribution in [0.25, 0.3) is 11.6 Å². The molecule has 23 heavy (non-hydrogen) atoms. The maximum atomic E-state index is 5.91. The SMILES string of the molecule is Nc1ccnc(C=C2c3ccccc3CCc3ccccc32)c1. The van der Waals surface area contributed by atoms with Crippen LogP contribution >= 0.6 is 0 Å². The number of nitrogen functional groups attached to an aromatic ring is 1. The van der Waals surface area contributed by atoms with Gasteiger partial charge in [0, 0.05) is 11.9 Å². The Bertz CT molecular complexity index is 844. The minimum Gasteiger partial charge on any atom is -0.399 e. The van der Waals surface area contributed by atoms with E-state index in [2.05, 4.69) is 59.6 Å². The number of benzene rings is 2. The lowest BCUT2D eigenvalue weighted by molar-refractivity contribution is 0.965. The number of nitrogens with two attached hydrogens (primary N) is 1. The predicted molar refractivity (Wildman–Crippen MR) is 95.9 cm³/mol. The van der Waals surface area contributed by atoms with Crippen molar-refractivity contribution in [3.05, 3.63) is 94.8 Å². The first-order chi connectivity index (χ1) is 11.3. The molecule has 0 bridgehead atoms. The molecule has 2 heteroatoms. The molecule has 0 aliphatic heterocycles. The van der Waals surface area contributed by atoms with E-state index in [4.69, 9.17) is 5.73 Å². The van der Waals surface area contributed by atoms with Gasteiger partial charge in [0.2, 0.25) is 0 Å². The fraction of sp³-hybridized carbons (Fsp3) is 0.0952. The molecule has 2 N–H and O–H groups in total. The van der Waals surface area contributed by atoms with Gasteiger partial charge < -0.3 is 5.73 Å². The van der Waals surface area contributed by atoms with Crippen LogP contribution in [0, 0.1) is 0 Å². The van der Waals surface area contributed by atoms with Gasteiger partial charge in [0.15, 0.2) is 0 Å². The number of aryl methyl sites for hydroxylation is 2. The topological polar surface area (TPSA) is 38.9 Å². The molecule has 0 spiro atoms. The standard InChI is InChI=1S/C21H18N2/c22-17-11-12-23-18(13-17)14-21-19-7-3-1-5-15(19)9-10-16-6-2-4-8-20(16)21/h1-8,11-14H,9-10H2,(H2,22,23). The van der Waals surface area contributed by atoms with Crippen LogP contribution in [0.2, 0.25) is 0 Å². The number of hydrogen-bond acceptors (Lipinski definition) is 2. The van der Waals surface area contributed by atoms with Gasteiger partial charge in [-0.15, -0.1) is 0 Å². The molecule has 1 aliphatic rings. The quantitative estimate of drug-likeness (QED) is 0.725. The van der Waals surface area contributed by atoms with Crippen molar-refractivity contribution in [2.45, 2.75) is 12.8 Å². The summed E-state index contributed by atoms with van der Waals surface area (Å²) in [5, 5.41) is 0. The lowest BCUT2D eigenvalue weighted by Gasteiger charge is -2.12. The molecule has 1 heterocycles. The maximum absolute atomic E-state index is 5.91. The third kappa shape index (κ3) is 2.64. The van der Waals surface area contributed by atoms with Crippen molar-refractivity contribution < 1.29 is 0 Å². The maximum Gasteiger partial charge on any atom is 0.0656 e. The van der Waals surface area contributed by atoms with Crippen molar-refractivity contribution in [1.29, 1.82) is 0 Å². The molecule has 0 amide bonds. The highest BCUT2D eigenvalue weighted by molar-refractivity contribution is 5.93. The third-order valence-electron chi connectivity index (χ3n) is 4.38. The van der Waals surface area contributed by atoms with E-state index in [1.54, 1.807) is 6.20 Å². The van der Waals surface area contributed by atoms with Gasteiger partial charge in [-0.2, -0.15) is 0 Å². The first kappa shape index (κ1) is 13.8. The van der Waals surface area contributed by atoms with Crippen molar-refractivity contribution in [1.82, 2.24) is 4.98 Å². The fourth-order valence-corrected chi connectivity index (χ4v) is 3.26. The average molecular weight is 298 g/mol. The van der Waals surface area contributed by atoms with Crippen molar-refractivity contribution >= 4 is 17.3 Å². The number of fused-ring (bicyclic) bond motifs is 2. The summed E-state index contributed by atoms with van der Waals surface area (Å²) in [7, 11) is 0. The summed E-state index contributed by atoms with van der Waals surface area (Å²) in [6.45, 7) is 0. The molecule has 1 aliphatic carbocycles. The lowest BCUT2D eigenvalue weighted by Crippen LogP contribution is -1.94. The highest BCUT2D eigenvalue weighted by Gasteiger charge is 2.17. The van der Waals surface area contributed by atoms with Crippen molar-refractivity contribution in [2.75, 3.05) is 5.73 Å². The summed E-state index contributed by atoms with van der Waals surface area (Å²) in [5.41, 5.74) is 14.1. The van der Waals surface area contributed by atoms with E-state index in [0.717, 1.165) is 24.2 Å². The molecule has 1 aromatic heterocycles. The van der Waals surface area contributed by atoms with Crippen LogP contribution in [0.5, 0.6) is 0 Å². The Morgan fingerprint density at radius 2 is 1.43 bits per heavy atom. The second-order valence-electron chi connectivity index (χ2n) is 5.89. The predicted octanol–water partition coefficient (Wildman–Crippen LogP) is 4.35. The molecule has 2 nitrogen and oxygen atoms in total. The molecule has 0 saturated heterocycles. The Morgan fingerprint density at radius 3 is 2.04 bits per heavy atom. The summed E-state index contributed by atoms with van der Waals surface area (Å²) in [6, 6.07) is 21.0. The zero-order valence-corrected chi connectivity index (χ0v) is 12.9. The highest BCUT2D eigenvalue weighted by Crippen LogP contribution is 2.34. The molecule has 112 valence electrons. The molecule has 3 aromatic rings. The number of hydrogen-bond donors (Lipinski definition) is 1. The number of pyridine rings is 1. The zero-order valence-electron chi connectivity index (χ0n) is 12.9. The summed E-state index contributed by atoms with van der Waals surface area (Å²) < 4.78 is 0. The van der Waals surface area contributed by atoms with Crippen molar-refractivity contribution in [3.8, 4) is 0 Å². The number of nitrogens with zero attached hydrogens (tertiary/aromatic N) is 1. The Morgan fingerprint density at radius 1 is 0.826 bits per heavy atom. The molecule has 0 radical (unpaired) electrons.